The SMILES string of the molecule is Cc1nc2ccccc2n1CC(N)C1CCCC1. The van der Waals surface area contributed by atoms with Crippen LogP contribution in [0.1, 0.15) is 31.5 Å². The van der Waals surface area contributed by atoms with E-state index in [1.165, 1.54) is 31.2 Å². The molecule has 1 heterocycles. The van der Waals surface area contributed by atoms with E-state index in [1.54, 1.807) is 0 Å². The quantitative estimate of drug-likeness (QED) is 0.900. The van der Waals surface area contributed by atoms with E-state index in [-0.39, 0.29) is 6.04 Å². The summed E-state index contributed by atoms with van der Waals surface area (Å²) in [6.45, 7) is 2.97. The van der Waals surface area contributed by atoms with E-state index in [2.05, 4.69) is 34.7 Å². The lowest BCUT2D eigenvalue weighted by Gasteiger charge is -2.20. The van der Waals surface area contributed by atoms with Crippen molar-refractivity contribution in [2.45, 2.75) is 45.2 Å². The first-order chi connectivity index (χ1) is 8.75. The molecule has 0 aliphatic heterocycles. The van der Waals surface area contributed by atoms with E-state index in [0.29, 0.717) is 5.92 Å². The maximum absolute atomic E-state index is 6.38. The van der Waals surface area contributed by atoms with Gasteiger partial charge < -0.3 is 10.3 Å². The standard InChI is InChI=1S/C15H21N3/c1-11-17-14-8-4-5-9-15(14)18(11)10-13(16)12-6-2-3-7-12/h4-5,8-9,12-13H,2-3,6-7,10,16H2,1H3. The molecule has 2 aromatic rings. The lowest BCUT2D eigenvalue weighted by molar-refractivity contribution is 0.388. The van der Waals surface area contributed by atoms with Gasteiger partial charge in [0.2, 0.25) is 0 Å². The van der Waals surface area contributed by atoms with Gasteiger partial charge in [0.05, 0.1) is 11.0 Å². The molecule has 2 N–H and O–H groups in total. The Morgan fingerprint density at radius 3 is 2.83 bits per heavy atom. The second kappa shape index (κ2) is 4.73. The Balaban J connectivity index is 1.87. The summed E-state index contributed by atoms with van der Waals surface area (Å²) < 4.78 is 2.28. The van der Waals surface area contributed by atoms with E-state index >= 15 is 0 Å². The molecular weight excluding hydrogens is 222 g/mol. The van der Waals surface area contributed by atoms with E-state index in [1.807, 2.05) is 6.07 Å². The maximum atomic E-state index is 6.38. The fourth-order valence-electron chi connectivity index (χ4n) is 3.17. The van der Waals surface area contributed by atoms with Crippen LogP contribution < -0.4 is 5.73 Å². The van der Waals surface area contributed by atoms with E-state index < -0.39 is 0 Å². The molecule has 1 atom stereocenters. The van der Waals surface area contributed by atoms with Crippen LogP contribution in [-0.4, -0.2) is 15.6 Å². The van der Waals surface area contributed by atoms with Crippen LogP contribution in [0.15, 0.2) is 24.3 Å². The molecule has 1 aliphatic rings. The lowest BCUT2D eigenvalue weighted by atomic mass is 9.99. The molecule has 3 nitrogen and oxygen atoms in total. The Hall–Kier alpha value is -1.35. The summed E-state index contributed by atoms with van der Waals surface area (Å²) in [4.78, 5) is 4.60. The van der Waals surface area contributed by atoms with Gasteiger partial charge in [0.25, 0.3) is 0 Å². The number of nitrogens with two attached hydrogens (primary N) is 1. The Bertz CT molecular complexity index is 538. The zero-order valence-electron chi connectivity index (χ0n) is 11.0. The van der Waals surface area contributed by atoms with Gasteiger partial charge in [0.1, 0.15) is 5.82 Å². The molecular formula is C15H21N3. The molecule has 1 fully saturated rings. The van der Waals surface area contributed by atoms with Crippen LogP contribution in [-0.2, 0) is 6.54 Å². The highest BCUT2D eigenvalue weighted by Gasteiger charge is 2.23. The number of nitrogens with zero attached hydrogens (tertiary/aromatic N) is 2. The number of benzene rings is 1. The van der Waals surface area contributed by atoms with Crippen molar-refractivity contribution in [2.75, 3.05) is 0 Å². The minimum Gasteiger partial charge on any atom is -0.327 e. The Morgan fingerprint density at radius 1 is 1.33 bits per heavy atom. The zero-order valence-corrected chi connectivity index (χ0v) is 11.0. The Kier molecular flexibility index (Phi) is 3.08. The molecule has 0 amide bonds. The van der Waals surface area contributed by atoms with Gasteiger partial charge in [-0.1, -0.05) is 25.0 Å². The van der Waals surface area contributed by atoms with Gasteiger partial charge in [-0.05, 0) is 37.8 Å². The van der Waals surface area contributed by atoms with Crippen molar-refractivity contribution >= 4 is 11.0 Å². The van der Waals surface area contributed by atoms with Gasteiger partial charge in [-0.2, -0.15) is 0 Å². The third-order valence-electron chi connectivity index (χ3n) is 4.24. The summed E-state index contributed by atoms with van der Waals surface area (Å²) in [7, 11) is 0. The summed E-state index contributed by atoms with van der Waals surface area (Å²) in [5, 5.41) is 0. The van der Waals surface area contributed by atoms with Crippen molar-refractivity contribution in [2.24, 2.45) is 11.7 Å². The average molecular weight is 243 g/mol. The van der Waals surface area contributed by atoms with Crippen molar-refractivity contribution in [1.82, 2.24) is 9.55 Å². The molecule has 1 aromatic heterocycles. The first-order valence-electron chi connectivity index (χ1n) is 6.93. The highest BCUT2D eigenvalue weighted by Crippen LogP contribution is 2.28. The molecule has 3 heteroatoms. The van der Waals surface area contributed by atoms with Gasteiger partial charge in [0.15, 0.2) is 0 Å². The maximum Gasteiger partial charge on any atom is 0.106 e. The molecule has 0 bridgehead atoms. The number of imidazole rings is 1. The van der Waals surface area contributed by atoms with Gasteiger partial charge in [0, 0.05) is 12.6 Å². The second-order valence-corrected chi connectivity index (χ2v) is 5.47. The van der Waals surface area contributed by atoms with Crippen molar-refractivity contribution in [3.8, 4) is 0 Å². The van der Waals surface area contributed by atoms with Crippen LogP contribution in [0.25, 0.3) is 11.0 Å². The van der Waals surface area contributed by atoms with E-state index in [4.69, 9.17) is 5.73 Å². The van der Waals surface area contributed by atoms with Crippen LogP contribution in [0.3, 0.4) is 0 Å². The number of rotatable bonds is 3. The molecule has 1 saturated carbocycles. The Labute approximate surface area is 108 Å². The van der Waals surface area contributed by atoms with Crippen molar-refractivity contribution < 1.29 is 0 Å². The highest BCUT2D eigenvalue weighted by molar-refractivity contribution is 5.75. The fraction of sp³-hybridized carbons (Fsp3) is 0.533. The fourth-order valence-corrected chi connectivity index (χ4v) is 3.17. The average Bonchev–Trinajstić information content (AvgIpc) is 2.98. The smallest absolute Gasteiger partial charge is 0.106 e. The first-order valence-corrected chi connectivity index (χ1v) is 6.93. The largest absolute Gasteiger partial charge is 0.327 e. The number of aryl methyl sites for hydroxylation is 1. The monoisotopic (exact) mass is 243 g/mol. The molecule has 18 heavy (non-hydrogen) atoms. The molecule has 96 valence electrons. The van der Waals surface area contributed by atoms with Crippen LogP contribution in [0.2, 0.25) is 0 Å². The molecule has 1 aliphatic carbocycles. The predicted octanol–water partition coefficient (Wildman–Crippen LogP) is 2.86. The van der Waals surface area contributed by atoms with Gasteiger partial charge in [-0.15, -0.1) is 0 Å². The summed E-state index contributed by atoms with van der Waals surface area (Å²) in [6, 6.07) is 8.58. The van der Waals surface area contributed by atoms with Crippen LogP contribution in [0.4, 0.5) is 0 Å². The Morgan fingerprint density at radius 2 is 2.06 bits per heavy atom. The summed E-state index contributed by atoms with van der Waals surface area (Å²) in [6.07, 6.45) is 5.30. The molecule has 0 saturated heterocycles. The number of hydrogen-bond donors (Lipinski definition) is 1. The molecule has 1 unspecified atom stereocenters. The van der Waals surface area contributed by atoms with Gasteiger partial charge in [-0.3, -0.25) is 0 Å². The lowest BCUT2D eigenvalue weighted by Crippen LogP contribution is -2.33. The molecule has 0 spiro atoms. The highest BCUT2D eigenvalue weighted by atomic mass is 15.1. The summed E-state index contributed by atoms with van der Waals surface area (Å²) in [5.74, 6) is 1.77. The zero-order chi connectivity index (χ0) is 12.5. The van der Waals surface area contributed by atoms with Crippen LogP contribution >= 0.6 is 0 Å². The third-order valence-corrected chi connectivity index (χ3v) is 4.24. The van der Waals surface area contributed by atoms with E-state index in [0.717, 1.165) is 17.9 Å². The minimum atomic E-state index is 0.267. The number of fused-ring (bicyclic) bond motifs is 1. The third kappa shape index (κ3) is 2.03. The van der Waals surface area contributed by atoms with Crippen molar-refractivity contribution in [1.29, 1.82) is 0 Å². The topological polar surface area (TPSA) is 43.8 Å². The molecule has 0 radical (unpaired) electrons. The number of para-hydroxylation sites is 2. The van der Waals surface area contributed by atoms with Gasteiger partial charge >= 0.3 is 0 Å². The van der Waals surface area contributed by atoms with Crippen LogP contribution in [0.5, 0.6) is 0 Å². The summed E-state index contributed by atoms with van der Waals surface area (Å²) >= 11 is 0. The number of aromatic nitrogens is 2. The second-order valence-electron chi connectivity index (χ2n) is 5.47. The normalized spacial score (nSPS) is 18.6. The van der Waals surface area contributed by atoms with E-state index in [9.17, 15) is 0 Å². The first kappa shape index (κ1) is 11.7. The predicted molar refractivity (Wildman–Crippen MR) is 74.4 cm³/mol. The minimum absolute atomic E-state index is 0.267. The molecule has 3 rings (SSSR count). The van der Waals surface area contributed by atoms with Crippen LogP contribution in [0, 0.1) is 12.8 Å². The van der Waals surface area contributed by atoms with Crippen molar-refractivity contribution in [3.05, 3.63) is 30.1 Å². The van der Waals surface area contributed by atoms with Crippen molar-refractivity contribution in [3.63, 3.8) is 0 Å². The molecule has 1 aromatic carbocycles. The number of hydrogen-bond acceptors (Lipinski definition) is 2. The van der Waals surface area contributed by atoms with Gasteiger partial charge in [-0.25, -0.2) is 4.98 Å². The summed E-state index contributed by atoms with van der Waals surface area (Å²) in [5.41, 5.74) is 8.67.